The number of rotatable bonds is 4. The van der Waals surface area contributed by atoms with Crippen LogP contribution in [0, 0.1) is 10.1 Å². The molecule has 14 heteroatoms. The van der Waals surface area contributed by atoms with Crippen molar-refractivity contribution < 1.29 is 26.5 Å². The molecule has 0 unspecified atom stereocenters. The van der Waals surface area contributed by atoms with Crippen LogP contribution >= 0.6 is 0 Å². The summed E-state index contributed by atoms with van der Waals surface area (Å²) in [5.41, 5.74) is -5.05. The van der Waals surface area contributed by atoms with Gasteiger partial charge in [0.25, 0.3) is 0 Å². The molecule has 142 valence electrons. The molecule has 0 aromatic carbocycles. The second-order valence-corrected chi connectivity index (χ2v) is 7.56. The van der Waals surface area contributed by atoms with Gasteiger partial charge in [0.1, 0.15) is 6.20 Å². The van der Waals surface area contributed by atoms with Crippen LogP contribution in [0.25, 0.3) is 5.65 Å². The molecule has 0 atom stereocenters. The van der Waals surface area contributed by atoms with Gasteiger partial charge in [-0.2, -0.15) is 17.5 Å². The molecule has 1 fully saturated rings. The van der Waals surface area contributed by atoms with E-state index in [1.165, 1.54) is 12.1 Å². The molecule has 10 nitrogen and oxygen atoms in total. The lowest BCUT2D eigenvalue weighted by Crippen LogP contribution is -2.47. The van der Waals surface area contributed by atoms with Crippen LogP contribution in [0.4, 0.5) is 24.8 Å². The fourth-order valence-electron chi connectivity index (χ4n) is 2.66. The van der Waals surface area contributed by atoms with Crippen LogP contribution in [0.3, 0.4) is 0 Å². The Hall–Kier alpha value is -2.48. The summed E-state index contributed by atoms with van der Waals surface area (Å²) < 4.78 is 61.9. The van der Waals surface area contributed by atoms with Crippen molar-refractivity contribution in [2.75, 3.05) is 18.4 Å². The zero-order valence-corrected chi connectivity index (χ0v) is 13.9. The van der Waals surface area contributed by atoms with Crippen molar-refractivity contribution in [1.29, 1.82) is 0 Å². The lowest BCUT2D eigenvalue weighted by atomic mass is 10.1. The fraction of sp³-hybridized carbons (Fsp3) is 0.500. The molecule has 0 bridgehead atoms. The number of aromatic nitrogens is 3. The van der Waals surface area contributed by atoms with Crippen molar-refractivity contribution in [3.63, 3.8) is 0 Å². The zero-order chi connectivity index (χ0) is 19.1. The Balaban J connectivity index is 1.69. The molecule has 0 aliphatic carbocycles. The number of nitrogens with one attached hydrogen (secondary N) is 1. The van der Waals surface area contributed by atoms with Crippen molar-refractivity contribution in [3.05, 3.63) is 28.4 Å². The third-order valence-corrected chi connectivity index (χ3v) is 5.60. The van der Waals surface area contributed by atoms with E-state index in [1.54, 1.807) is 0 Å². The maximum absolute atomic E-state index is 12.6. The van der Waals surface area contributed by atoms with Gasteiger partial charge in [-0.3, -0.25) is 0 Å². The van der Waals surface area contributed by atoms with Gasteiger partial charge in [-0.15, -0.1) is 0 Å². The average molecular weight is 394 g/mol. The van der Waals surface area contributed by atoms with Crippen molar-refractivity contribution in [3.8, 4) is 0 Å². The second-order valence-electron chi connectivity index (χ2n) is 5.63. The maximum Gasteiger partial charge on any atom is 0.511 e. The molecule has 0 spiro atoms. The molecule has 2 aromatic rings. The third kappa shape index (κ3) is 3.29. The molecule has 26 heavy (non-hydrogen) atoms. The van der Waals surface area contributed by atoms with Gasteiger partial charge < -0.3 is 15.4 Å². The van der Waals surface area contributed by atoms with E-state index in [-0.39, 0.29) is 49.3 Å². The molecule has 0 radical (unpaired) electrons. The summed E-state index contributed by atoms with van der Waals surface area (Å²) in [4.78, 5) is 14.1. The minimum atomic E-state index is -5.33. The van der Waals surface area contributed by atoms with E-state index in [0.29, 0.717) is 4.31 Å². The molecule has 1 saturated heterocycles. The topological polar surface area (TPSA) is 123 Å². The van der Waals surface area contributed by atoms with Gasteiger partial charge in [0.2, 0.25) is 5.65 Å². The first-order chi connectivity index (χ1) is 12.1. The van der Waals surface area contributed by atoms with Crippen LogP contribution in [0.2, 0.25) is 0 Å². The summed E-state index contributed by atoms with van der Waals surface area (Å²) in [6.45, 7) is -0.569. The Morgan fingerprint density at radius 3 is 2.50 bits per heavy atom. The summed E-state index contributed by atoms with van der Waals surface area (Å²) >= 11 is 0. The van der Waals surface area contributed by atoms with E-state index in [0.717, 1.165) is 10.7 Å². The number of imidazole rings is 1. The predicted molar refractivity (Wildman–Crippen MR) is 82.8 cm³/mol. The molecule has 0 saturated carbocycles. The van der Waals surface area contributed by atoms with Crippen LogP contribution in [-0.2, 0) is 10.0 Å². The minimum Gasteiger partial charge on any atom is -0.364 e. The number of hydrogen-bond acceptors (Lipinski definition) is 7. The highest BCUT2D eigenvalue weighted by Crippen LogP contribution is 2.29. The van der Waals surface area contributed by atoms with Crippen LogP contribution in [-0.4, -0.2) is 56.9 Å². The van der Waals surface area contributed by atoms with Gasteiger partial charge in [-0.1, -0.05) is 9.61 Å². The van der Waals surface area contributed by atoms with Gasteiger partial charge in [0.05, 0.1) is 0 Å². The number of piperidine rings is 1. The smallest absolute Gasteiger partial charge is 0.364 e. The number of nitrogens with zero attached hydrogens (tertiary/aromatic N) is 5. The number of fused-ring (bicyclic) bond motifs is 1. The summed E-state index contributed by atoms with van der Waals surface area (Å²) in [5.74, 6) is -0.0505. The van der Waals surface area contributed by atoms with E-state index in [9.17, 15) is 31.7 Å². The van der Waals surface area contributed by atoms with E-state index >= 15 is 0 Å². The molecule has 0 amide bonds. The highest BCUT2D eigenvalue weighted by molar-refractivity contribution is 7.90. The first-order valence-corrected chi connectivity index (χ1v) is 8.86. The summed E-state index contributed by atoms with van der Waals surface area (Å²) in [7, 11) is -5.33. The first kappa shape index (κ1) is 18.3. The zero-order valence-electron chi connectivity index (χ0n) is 13.0. The van der Waals surface area contributed by atoms with E-state index < -0.39 is 20.5 Å². The van der Waals surface area contributed by atoms with Gasteiger partial charge in [0.15, 0.2) is 5.82 Å². The maximum atomic E-state index is 12.6. The van der Waals surface area contributed by atoms with E-state index in [1.807, 2.05) is 0 Å². The quantitative estimate of drug-likeness (QED) is 0.614. The highest BCUT2D eigenvalue weighted by Gasteiger charge is 2.50. The van der Waals surface area contributed by atoms with Gasteiger partial charge in [-0.25, -0.2) is 13.4 Å². The third-order valence-electron chi connectivity index (χ3n) is 3.97. The average Bonchev–Trinajstić information content (AvgIpc) is 2.97. The standard InChI is InChI=1S/C12H13F3N6O4S/c13-12(14,15)26(24,25)19-5-3-8(4-6-19)17-9-1-2-10-16-7-11(21(22)23)20(10)18-9/h1-2,7-8H,3-6H2,(H,17,18). The van der Waals surface area contributed by atoms with Gasteiger partial charge in [0, 0.05) is 25.2 Å². The number of sulfonamides is 1. The number of nitro groups is 1. The van der Waals surface area contributed by atoms with Crippen molar-refractivity contribution >= 4 is 27.3 Å². The fourth-order valence-corrected chi connectivity index (χ4v) is 3.64. The Bertz CT molecular complexity index is 936. The van der Waals surface area contributed by atoms with Gasteiger partial charge >= 0.3 is 21.3 Å². The normalized spacial score (nSPS) is 17.5. The Kier molecular flexibility index (Phi) is 4.47. The molecule has 3 rings (SSSR count). The SMILES string of the molecule is O=[N+]([O-])c1cnc2ccc(NC3CCN(S(=O)(=O)C(F)(F)F)CC3)nn12. The van der Waals surface area contributed by atoms with Crippen molar-refractivity contribution in [2.45, 2.75) is 24.4 Å². The number of hydrogen-bond donors (Lipinski definition) is 1. The first-order valence-electron chi connectivity index (χ1n) is 7.42. The lowest BCUT2D eigenvalue weighted by molar-refractivity contribution is -0.391. The highest BCUT2D eigenvalue weighted by atomic mass is 32.2. The van der Waals surface area contributed by atoms with Crippen LogP contribution in [0.1, 0.15) is 12.8 Å². The molecule has 1 aliphatic rings. The van der Waals surface area contributed by atoms with Crippen molar-refractivity contribution in [2.24, 2.45) is 0 Å². The van der Waals surface area contributed by atoms with Gasteiger partial charge in [-0.05, 0) is 23.8 Å². The Labute approximate surface area is 144 Å². The molecule has 3 heterocycles. The van der Waals surface area contributed by atoms with Crippen LogP contribution in [0.15, 0.2) is 18.3 Å². The van der Waals surface area contributed by atoms with Crippen molar-refractivity contribution in [1.82, 2.24) is 18.9 Å². The number of alkyl halides is 3. The molecule has 2 aromatic heterocycles. The second kappa shape index (κ2) is 6.35. The monoisotopic (exact) mass is 394 g/mol. The predicted octanol–water partition coefficient (Wildman–Crippen LogP) is 1.36. The largest absolute Gasteiger partial charge is 0.511 e. The van der Waals surface area contributed by atoms with E-state index in [4.69, 9.17) is 0 Å². The summed E-state index contributed by atoms with van der Waals surface area (Å²) in [6, 6.07) is 2.72. The Morgan fingerprint density at radius 2 is 1.92 bits per heavy atom. The minimum absolute atomic E-state index is 0.140. The van der Waals surface area contributed by atoms with Crippen LogP contribution in [0.5, 0.6) is 0 Å². The lowest BCUT2D eigenvalue weighted by Gasteiger charge is -2.31. The summed E-state index contributed by atoms with van der Waals surface area (Å²) in [5, 5.41) is 17.9. The van der Waals surface area contributed by atoms with Crippen LogP contribution < -0.4 is 5.32 Å². The molecule has 1 aliphatic heterocycles. The molecule has 1 N–H and O–H groups in total. The molecular weight excluding hydrogens is 381 g/mol. The Morgan fingerprint density at radius 1 is 1.27 bits per heavy atom. The van der Waals surface area contributed by atoms with E-state index in [2.05, 4.69) is 15.4 Å². The molecular formula is C12H13F3N6O4S. The number of halogens is 3. The summed E-state index contributed by atoms with van der Waals surface area (Å²) in [6.07, 6.45) is 1.34. The number of anilines is 1.